The molecule has 7 heteroatoms. The molecule has 1 atom stereocenters. The molecule has 116 valence electrons. The summed E-state index contributed by atoms with van der Waals surface area (Å²) in [5, 5.41) is 14.0. The first-order chi connectivity index (χ1) is 11.1. The van der Waals surface area contributed by atoms with Crippen LogP contribution in [0.15, 0.2) is 47.6 Å². The van der Waals surface area contributed by atoms with Gasteiger partial charge in [-0.2, -0.15) is 10.4 Å². The van der Waals surface area contributed by atoms with Gasteiger partial charge in [0.2, 0.25) is 0 Å². The summed E-state index contributed by atoms with van der Waals surface area (Å²) in [6.07, 6.45) is 5.62. The van der Waals surface area contributed by atoms with E-state index in [1.165, 1.54) is 0 Å². The lowest BCUT2D eigenvalue weighted by atomic mass is 10.1. The summed E-state index contributed by atoms with van der Waals surface area (Å²) < 4.78 is 4.73. The van der Waals surface area contributed by atoms with E-state index < -0.39 is 0 Å². The van der Waals surface area contributed by atoms with Gasteiger partial charge in [-0.3, -0.25) is 4.68 Å². The van der Waals surface area contributed by atoms with Crippen molar-refractivity contribution in [2.24, 2.45) is 0 Å². The third-order valence-electron chi connectivity index (χ3n) is 3.57. The first-order valence-corrected chi connectivity index (χ1v) is 8.17. The van der Waals surface area contributed by atoms with Gasteiger partial charge in [0.15, 0.2) is 4.73 Å². The zero-order valence-corrected chi connectivity index (χ0v) is 14.7. The van der Waals surface area contributed by atoms with E-state index in [0.29, 0.717) is 10.6 Å². The summed E-state index contributed by atoms with van der Waals surface area (Å²) in [6, 6.07) is 9.54. The van der Waals surface area contributed by atoms with E-state index in [1.807, 2.05) is 33.8 Å². The monoisotopic (exact) mass is 389 g/mol. The SMILES string of the molecule is C[C@@H](Cn1ccc(-c2ccc(C#N)c(Cl)c2)n1)n1ccnc1Br. The number of nitrogens with zero attached hydrogens (tertiary/aromatic N) is 5. The number of nitriles is 1. The molecule has 0 amide bonds. The van der Waals surface area contributed by atoms with Crippen LogP contribution in [0.5, 0.6) is 0 Å². The van der Waals surface area contributed by atoms with Crippen LogP contribution in [-0.2, 0) is 6.54 Å². The highest BCUT2D eigenvalue weighted by Gasteiger charge is 2.11. The van der Waals surface area contributed by atoms with Gasteiger partial charge in [-0.05, 0) is 41.1 Å². The van der Waals surface area contributed by atoms with Gasteiger partial charge >= 0.3 is 0 Å². The Balaban J connectivity index is 1.80. The molecule has 0 aliphatic carbocycles. The summed E-state index contributed by atoms with van der Waals surface area (Å²) in [5.41, 5.74) is 2.19. The van der Waals surface area contributed by atoms with Crippen molar-refractivity contribution in [2.75, 3.05) is 0 Å². The minimum absolute atomic E-state index is 0.212. The number of halogens is 2. The van der Waals surface area contributed by atoms with Crippen LogP contribution in [-0.4, -0.2) is 19.3 Å². The van der Waals surface area contributed by atoms with E-state index in [-0.39, 0.29) is 6.04 Å². The van der Waals surface area contributed by atoms with Crippen molar-refractivity contribution >= 4 is 27.5 Å². The average molecular weight is 391 g/mol. The normalized spacial score (nSPS) is 12.1. The van der Waals surface area contributed by atoms with E-state index in [1.54, 1.807) is 18.3 Å². The highest BCUT2D eigenvalue weighted by molar-refractivity contribution is 9.10. The maximum absolute atomic E-state index is 8.93. The molecule has 5 nitrogen and oxygen atoms in total. The minimum atomic E-state index is 0.212. The van der Waals surface area contributed by atoms with E-state index in [9.17, 15) is 0 Å². The molecular weight excluding hydrogens is 378 g/mol. The van der Waals surface area contributed by atoms with Gasteiger partial charge in [-0.15, -0.1) is 0 Å². The Labute approximate surface area is 147 Å². The third-order valence-corrected chi connectivity index (χ3v) is 4.50. The van der Waals surface area contributed by atoms with Gasteiger partial charge in [0.1, 0.15) is 6.07 Å². The molecule has 0 spiro atoms. The first-order valence-electron chi connectivity index (χ1n) is 7.00. The van der Waals surface area contributed by atoms with Crippen LogP contribution in [0.25, 0.3) is 11.3 Å². The summed E-state index contributed by atoms with van der Waals surface area (Å²) >= 11 is 9.51. The zero-order chi connectivity index (χ0) is 16.4. The van der Waals surface area contributed by atoms with Crippen LogP contribution in [0.1, 0.15) is 18.5 Å². The molecule has 0 radical (unpaired) electrons. The Morgan fingerprint density at radius 1 is 1.35 bits per heavy atom. The Bertz CT molecular complexity index is 877. The fourth-order valence-corrected chi connectivity index (χ4v) is 3.17. The average Bonchev–Trinajstić information content (AvgIpc) is 3.16. The molecule has 0 aliphatic heterocycles. The Kier molecular flexibility index (Phi) is 4.51. The number of imidazole rings is 1. The summed E-state index contributed by atoms with van der Waals surface area (Å²) in [6.45, 7) is 2.82. The maximum atomic E-state index is 8.93. The standard InChI is InChI=1S/C16H13BrClN5/c1-11(23-7-5-20-16(23)17)10-22-6-4-15(21-22)12-2-3-13(9-19)14(18)8-12/h2-8,11H,10H2,1H3/t11-/m0/s1. The van der Waals surface area contributed by atoms with Crippen LogP contribution < -0.4 is 0 Å². The van der Waals surface area contributed by atoms with E-state index in [2.05, 4.69) is 39.0 Å². The minimum Gasteiger partial charge on any atom is -0.321 e. The van der Waals surface area contributed by atoms with Crippen molar-refractivity contribution in [3.05, 3.63) is 58.2 Å². The number of rotatable bonds is 4. The lowest BCUT2D eigenvalue weighted by molar-refractivity contribution is 0.432. The van der Waals surface area contributed by atoms with Crippen LogP contribution in [0, 0.1) is 11.3 Å². The van der Waals surface area contributed by atoms with Crippen LogP contribution in [0.2, 0.25) is 5.02 Å². The van der Waals surface area contributed by atoms with Crippen molar-refractivity contribution in [3.8, 4) is 17.3 Å². The Morgan fingerprint density at radius 3 is 2.83 bits per heavy atom. The first kappa shape index (κ1) is 15.8. The van der Waals surface area contributed by atoms with Crippen molar-refractivity contribution in [3.63, 3.8) is 0 Å². The molecule has 2 heterocycles. The highest BCUT2D eigenvalue weighted by Crippen LogP contribution is 2.24. The molecule has 0 saturated carbocycles. The molecule has 0 saturated heterocycles. The fraction of sp³-hybridized carbons (Fsp3) is 0.188. The molecular formula is C16H13BrClN5. The van der Waals surface area contributed by atoms with Crippen molar-refractivity contribution in [1.29, 1.82) is 5.26 Å². The predicted molar refractivity (Wildman–Crippen MR) is 92.0 cm³/mol. The topological polar surface area (TPSA) is 59.4 Å². The summed E-state index contributed by atoms with van der Waals surface area (Å²) in [7, 11) is 0. The molecule has 0 bridgehead atoms. The van der Waals surface area contributed by atoms with Crippen molar-refractivity contribution < 1.29 is 0 Å². The van der Waals surface area contributed by atoms with Gasteiger partial charge in [0.25, 0.3) is 0 Å². The molecule has 2 aromatic heterocycles. The number of hydrogen-bond acceptors (Lipinski definition) is 3. The molecule has 0 N–H and O–H groups in total. The summed E-state index contributed by atoms with van der Waals surface area (Å²) in [4.78, 5) is 4.17. The number of benzene rings is 1. The highest BCUT2D eigenvalue weighted by atomic mass is 79.9. The molecule has 0 unspecified atom stereocenters. The van der Waals surface area contributed by atoms with Gasteiger partial charge in [0.05, 0.1) is 28.9 Å². The van der Waals surface area contributed by atoms with Gasteiger partial charge in [0, 0.05) is 24.2 Å². The number of aromatic nitrogens is 4. The van der Waals surface area contributed by atoms with Crippen LogP contribution in [0.4, 0.5) is 0 Å². The smallest absolute Gasteiger partial charge is 0.177 e. The second-order valence-electron chi connectivity index (χ2n) is 5.18. The quantitative estimate of drug-likeness (QED) is 0.667. The van der Waals surface area contributed by atoms with E-state index in [4.69, 9.17) is 16.9 Å². The fourth-order valence-electron chi connectivity index (χ4n) is 2.36. The molecule has 0 aliphatic rings. The Morgan fingerprint density at radius 2 is 2.17 bits per heavy atom. The molecule has 3 rings (SSSR count). The van der Waals surface area contributed by atoms with Crippen LogP contribution in [0.3, 0.4) is 0 Å². The van der Waals surface area contributed by atoms with Gasteiger partial charge in [-0.25, -0.2) is 4.98 Å². The predicted octanol–water partition coefficient (Wildman–Crippen LogP) is 4.30. The van der Waals surface area contributed by atoms with E-state index >= 15 is 0 Å². The second kappa shape index (κ2) is 6.57. The zero-order valence-electron chi connectivity index (χ0n) is 12.3. The molecule has 3 aromatic rings. The third kappa shape index (κ3) is 3.31. The van der Waals surface area contributed by atoms with Crippen molar-refractivity contribution in [1.82, 2.24) is 19.3 Å². The number of hydrogen-bond donors (Lipinski definition) is 0. The molecule has 0 fully saturated rings. The van der Waals surface area contributed by atoms with E-state index in [0.717, 1.165) is 22.5 Å². The summed E-state index contributed by atoms with van der Waals surface area (Å²) in [5.74, 6) is 0. The maximum Gasteiger partial charge on any atom is 0.177 e. The van der Waals surface area contributed by atoms with Gasteiger partial charge in [-0.1, -0.05) is 17.7 Å². The lowest BCUT2D eigenvalue weighted by Crippen LogP contribution is -2.13. The largest absolute Gasteiger partial charge is 0.321 e. The molecule has 23 heavy (non-hydrogen) atoms. The van der Waals surface area contributed by atoms with Gasteiger partial charge < -0.3 is 4.57 Å². The second-order valence-corrected chi connectivity index (χ2v) is 6.30. The van der Waals surface area contributed by atoms with Crippen molar-refractivity contribution in [2.45, 2.75) is 19.5 Å². The lowest BCUT2D eigenvalue weighted by Gasteiger charge is -2.14. The Hall–Kier alpha value is -2.10. The molecule has 1 aromatic carbocycles. The van der Waals surface area contributed by atoms with Crippen LogP contribution >= 0.6 is 27.5 Å².